The fraction of sp³-hybridized carbons (Fsp3) is 0.130. The van der Waals surface area contributed by atoms with Crippen molar-refractivity contribution in [1.29, 1.82) is 0 Å². The summed E-state index contributed by atoms with van der Waals surface area (Å²) in [4.78, 5) is 41.0. The Morgan fingerprint density at radius 1 is 1.15 bits per heavy atom. The number of ketones is 1. The molecule has 0 atom stereocenters. The normalized spacial score (nSPS) is 11.0. The molecule has 8 nitrogen and oxygen atoms in total. The molecule has 4 rings (SSSR count). The first kappa shape index (κ1) is 22.6. The van der Waals surface area contributed by atoms with Crippen molar-refractivity contribution in [2.75, 3.05) is 7.11 Å². The average molecular weight is 487 g/mol. The summed E-state index contributed by atoms with van der Waals surface area (Å²) in [7, 11) is 1.46. The van der Waals surface area contributed by atoms with Crippen LogP contribution in [0.2, 0.25) is 10.0 Å². The summed E-state index contributed by atoms with van der Waals surface area (Å²) in [6, 6.07) is 9.67. The van der Waals surface area contributed by atoms with Crippen molar-refractivity contribution in [3.63, 3.8) is 0 Å². The topological polar surface area (TPSA) is 112 Å². The monoisotopic (exact) mass is 486 g/mol. The van der Waals surface area contributed by atoms with Crippen molar-refractivity contribution >= 4 is 51.8 Å². The second-order valence-corrected chi connectivity index (χ2v) is 8.00. The number of carboxylic acids is 1. The second kappa shape index (κ2) is 8.73. The molecule has 0 amide bonds. The molecule has 0 aliphatic heterocycles. The van der Waals surface area contributed by atoms with Crippen LogP contribution in [0.25, 0.3) is 10.9 Å². The minimum Gasteiger partial charge on any atom is -0.495 e. The van der Waals surface area contributed by atoms with Crippen LogP contribution in [-0.4, -0.2) is 39.4 Å². The Kier molecular flexibility index (Phi) is 5.97. The van der Waals surface area contributed by atoms with Crippen LogP contribution in [0.5, 0.6) is 5.75 Å². The standard InChI is InChI=1S/C23H16Cl2N2O6/c1-11-14(7-19(28)21-26-17(10-33-21)23(30)31)15-8-20(32-2)16(25)9-18(15)27(11)22(29)12-3-5-13(24)6-4-12/h3-6,8-10H,7H2,1-2H3,(H,30,31). The maximum atomic E-state index is 13.4. The maximum Gasteiger partial charge on any atom is 0.357 e. The Bertz CT molecular complexity index is 1420. The molecule has 0 aliphatic carbocycles. The van der Waals surface area contributed by atoms with Crippen LogP contribution in [0.15, 0.2) is 47.1 Å². The van der Waals surface area contributed by atoms with Crippen LogP contribution in [0.1, 0.15) is 42.8 Å². The molecule has 0 bridgehead atoms. The van der Waals surface area contributed by atoms with Crippen LogP contribution in [0.4, 0.5) is 0 Å². The summed E-state index contributed by atoms with van der Waals surface area (Å²) < 4.78 is 11.8. The summed E-state index contributed by atoms with van der Waals surface area (Å²) in [5.74, 6) is -2.15. The van der Waals surface area contributed by atoms with Gasteiger partial charge in [0.05, 0.1) is 17.6 Å². The molecule has 2 aromatic heterocycles. The third-order valence-corrected chi connectivity index (χ3v) is 5.75. The lowest BCUT2D eigenvalue weighted by molar-refractivity contribution is 0.0690. The van der Waals surface area contributed by atoms with Crippen molar-refractivity contribution in [2.45, 2.75) is 13.3 Å². The highest BCUT2D eigenvalue weighted by molar-refractivity contribution is 6.33. The number of hydrogen-bond donors (Lipinski definition) is 1. The van der Waals surface area contributed by atoms with E-state index in [1.807, 2.05) is 0 Å². The van der Waals surface area contributed by atoms with Crippen molar-refractivity contribution < 1.29 is 28.6 Å². The molecule has 0 saturated carbocycles. The van der Waals surface area contributed by atoms with E-state index in [0.29, 0.717) is 43.5 Å². The molecular formula is C23H16Cl2N2O6. The Morgan fingerprint density at radius 2 is 1.85 bits per heavy atom. The van der Waals surface area contributed by atoms with Gasteiger partial charge in [0.2, 0.25) is 5.78 Å². The quantitative estimate of drug-likeness (QED) is 0.378. The van der Waals surface area contributed by atoms with Crippen LogP contribution < -0.4 is 4.74 Å². The molecule has 2 aromatic carbocycles. The summed E-state index contributed by atoms with van der Waals surface area (Å²) in [6.45, 7) is 1.70. The van der Waals surface area contributed by atoms with Gasteiger partial charge in [0.1, 0.15) is 12.0 Å². The van der Waals surface area contributed by atoms with Gasteiger partial charge < -0.3 is 14.3 Å². The molecule has 0 spiro atoms. The lowest BCUT2D eigenvalue weighted by Gasteiger charge is -2.09. The van der Waals surface area contributed by atoms with Gasteiger partial charge in [0.25, 0.3) is 11.8 Å². The Hall–Kier alpha value is -3.62. The van der Waals surface area contributed by atoms with Crippen LogP contribution in [0, 0.1) is 6.92 Å². The average Bonchev–Trinajstić information content (AvgIpc) is 3.37. The molecule has 168 valence electrons. The zero-order valence-electron chi connectivity index (χ0n) is 17.4. The van der Waals surface area contributed by atoms with Gasteiger partial charge in [-0.25, -0.2) is 4.79 Å². The summed E-state index contributed by atoms with van der Waals surface area (Å²) in [5, 5.41) is 10.4. The second-order valence-electron chi connectivity index (χ2n) is 7.16. The predicted octanol–water partition coefficient (Wildman–Crippen LogP) is 5.07. The molecule has 2 heterocycles. The van der Waals surface area contributed by atoms with Gasteiger partial charge >= 0.3 is 5.97 Å². The summed E-state index contributed by atoms with van der Waals surface area (Å²) in [6.07, 6.45) is 0.714. The SMILES string of the molecule is COc1cc2c(CC(=O)c3nc(C(=O)O)co3)c(C)n(C(=O)c3ccc(Cl)cc3)c2cc1Cl. The smallest absolute Gasteiger partial charge is 0.357 e. The number of halogens is 2. The highest BCUT2D eigenvalue weighted by atomic mass is 35.5. The number of ether oxygens (including phenoxy) is 1. The maximum absolute atomic E-state index is 13.4. The minimum atomic E-state index is -1.31. The lowest BCUT2D eigenvalue weighted by atomic mass is 10.0. The number of Topliss-reactive ketones (excluding diaryl/α,β-unsaturated/α-hetero) is 1. The van der Waals surface area contributed by atoms with E-state index in [4.69, 9.17) is 37.5 Å². The highest BCUT2D eigenvalue weighted by Crippen LogP contribution is 2.36. The Labute approximate surface area is 197 Å². The van der Waals surface area contributed by atoms with E-state index in [2.05, 4.69) is 4.98 Å². The summed E-state index contributed by atoms with van der Waals surface area (Å²) >= 11 is 12.3. The number of hydrogen-bond acceptors (Lipinski definition) is 6. The fourth-order valence-corrected chi connectivity index (χ4v) is 3.94. The van der Waals surface area contributed by atoms with Crippen LogP contribution in [0.3, 0.4) is 0 Å². The van der Waals surface area contributed by atoms with Crippen molar-refractivity contribution in [2.24, 2.45) is 0 Å². The van der Waals surface area contributed by atoms with E-state index in [1.54, 1.807) is 43.3 Å². The number of rotatable bonds is 6. The summed E-state index contributed by atoms with van der Waals surface area (Å²) in [5.41, 5.74) is 1.54. The van der Waals surface area contributed by atoms with Gasteiger partial charge in [-0.1, -0.05) is 23.2 Å². The molecule has 4 aromatic rings. The molecule has 0 unspecified atom stereocenters. The molecule has 0 radical (unpaired) electrons. The zero-order chi connectivity index (χ0) is 23.9. The molecule has 0 aliphatic rings. The van der Waals surface area contributed by atoms with E-state index in [0.717, 1.165) is 6.26 Å². The van der Waals surface area contributed by atoms with Crippen molar-refractivity contribution in [3.05, 3.63) is 81.1 Å². The number of oxazole rings is 1. The van der Waals surface area contributed by atoms with E-state index in [-0.39, 0.29) is 23.9 Å². The fourth-order valence-electron chi connectivity index (χ4n) is 3.58. The van der Waals surface area contributed by atoms with E-state index in [9.17, 15) is 14.4 Å². The molecule has 1 N–H and O–H groups in total. The van der Waals surface area contributed by atoms with Crippen LogP contribution >= 0.6 is 23.2 Å². The van der Waals surface area contributed by atoms with Gasteiger partial charge in [-0.15, -0.1) is 0 Å². The number of fused-ring (bicyclic) bond motifs is 1. The predicted molar refractivity (Wildman–Crippen MR) is 121 cm³/mol. The largest absolute Gasteiger partial charge is 0.495 e. The van der Waals surface area contributed by atoms with Gasteiger partial charge in [-0.3, -0.25) is 14.2 Å². The van der Waals surface area contributed by atoms with E-state index >= 15 is 0 Å². The Balaban J connectivity index is 1.85. The zero-order valence-corrected chi connectivity index (χ0v) is 18.9. The molecule has 10 heteroatoms. The van der Waals surface area contributed by atoms with Gasteiger partial charge in [0, 0.05) is 28.1 Å². The van der Waals surface area contributed by atoms with Gasteiger partial charge in [-0.2, -0.15) is 4.98 Å². The van der Waals surface area contributed by atoms with Gasteiger partial charge in [0.15, 0.2) is 5.69 Å². The lowest BCUT2D eigenvalue weighted by Crippen LogP contribution is -2.14. The van der Waals surface area contributed by atoms with Crippen molar-refractivity contribution in [1.82, 2.24) is 9.55 Å². The number of aromatic nitrogens is 2. The molecule has 33 heavy (non-hydrogen) atoms. The van der Waals surface area contributed by atoms with Crippen LogP contribution in [-0.2, 0) is 6.42 Å². The Morgan fingerprint density at radius 3 is 2.45 bits per heavy atom. The van der Waals surface area contributed by atoms with E-state index in [1.165, 1.54) is 11.7 Å². The molecule has 0 fully saturated rings. The van der Waals surface area contributed by atoms with Gasteiger partial charge in [-0.05, 0) is 48.9 Å². The number of benzene rings is 2. The number of carboxylic acid groups (broad SMARTS) is 1. The van der Waals surface area contributed by atoms with E-state index < -0.39 is 11.8 Å². The number of carbonyl (C=O) groups is 3. The number of nitrogens with zero attached hydrogens (tertiary/aromatic N) is 2. The molecule has 0 saturated heterocycles. The third-order valence-electron chi connectivity index (χ3n) is 5.20. The van der Waals surface area contributed by atoms with Crippen molar-refractivity contribution in [3.8, 4) is 5.75 Å². The number of aromatic carboxylic acids is 1. The highest BCUT2D eigenvalue weighted by Gasteiger charge is 2.25. The number of methoxy groups -OCH3 is 1. The first-order chi connectivity index (χ1) is 15.7. The third kappa shape index (κ3) is 4.10. The first-order valence-corrected chi connectivity index (χ1v) is 10.4. The number of carbonyl (C=O) groups excluding carboxylic acids is 2. The minimum absolute atomic E-state index is 0.187. The first-order valence-electron chi connectivity index (χ1n) is 9.61. The molecular weight excluding hydrogens is 471 g/mol.